The van der Waals surface area contributed by atoms with Crippen LogP contribution in [0.3, 0.4) is 0 Å². The molecule has 94 valence electrons. The highest BCUT2D eigenvalue weighted by Crippen LogP contribution is 2.36. The number of carbonyl (C=O) groups is 1. The summed E-state index contributed by atoms with van der Waals surface area (Å²) in [5.74, 6) is -0.228. The number of H-pyrrole nitrogens is 1. The third-order valence-corrected chi connectivity index (χ3v) is 3.97. The lowest BCUT2D eigenvalue weighted by Crippen LogP contribution is -2.13. The summed E-state index contributed by atoms with van der Waals surface area (Å²) in [6.45, 7) is 0. The maximum absolute atomic E-state index is 11.9. The first-order valence-corrected chi connectivity index (χ1v) is 6.29. The Morgan fingerprint density at radius 1 is 1.39 bits per heavy atom. The molecule has 2 rings (SSSR count). The summed E-state index contributed by atoms with van der Waals surface area (Å²) in [5, 5.41) is 9.32. The molecule has 0 spiro atoms. The lowest BCUT2D eigenvalue weighted by atomic mass is 10.2. The molecule has 8 heteroatoms. The molecule has 0 saturated carbocycles. The summed E-state index contributed by atoms with van der Waals surface area (Å²) in [7, 11) is 0. The van der Waals surface area contributed by atoms with Gasteiger partial charge in [0, 0.05) is 4.47 Å². The van der Waals surface area contributed by atoms with Crippen molar-refractivity contribution in [2.24, 2.45) is 0 Å². The second-order valence-corrected chi connectivity index (χ2v) is 4.98. The summed E-state index contributed by atoms with van der Waals surface area (Å²) in [4.78, 5) is 11.9. The Bertz CT molecular complexity index is 614. The van der Waals surface area contributed by atoms with Crippen LogP contribution in [-0.4, -0.2) is 16.1 Å². The summed E-state index contributed by atoms with van der Waals surface area (Å²) < 4.78 is 0.648. The second-order valence-electron chi connectivity index (χ2n) is 3.37. The van der Waals surface area contributed by atoms with Crippen molar-refractivity contribution < 1.29 is 4.79 Å². The number of nitrogens with two attached hydrogens (primary N) is 1. The molecular formula is C10H7BrCl2N4O. The highest BCUT2D eigenvalue weighted by atomic mass is 79.9. The number of aromatic amines is 1. The van der Waals surface area contributed by atoms with Crippen molar-refractivity contribution in [3.63, 3.8) is 0 Å². The van der Waals surface area contributed by atoms with Gasteiger partial charge < -0.3 is 11.1 Å². The van der Waals surface area contributed by atoms with Gasteiger partial charge in [0.05, 0.1) is 21.9 Å². The van der Waals surface area contributed by atoms with E-state index in [-0.39, 0.29) is 16.4 Å². The van der Waals surface area contributed by atoms with Crippen LogP contribution < -0.4 is 11.1 Å². The average Bonchev–Trinajstić information content (AvgIpc) is 2.76. The second kappa shape index (κ2) is 5.17. The molecule has 18 heavy (non-hydrogen) atoms. The minimum atomic E-state index is -0.415. The fraction of sp³-hybridized carbons (Fsp3) is 0. The van der Waals surface area contributed by atoms with Gasteiger partial charge in [-0.05, 0) is 28.1 Å². The van der Waals surface area contributed by atoms with Crippen molar-refractivity contribution in [2.75, 3.05) is 11.1 Å². The van der Waals surface area contributed by atoms with E-state index in [1.807, 2.05) is 0 Å². The van der Waals surface area contributed by atoms with Gasteiger partial charge in [0.15, 0.2) is 0 Å². The number of hydrogen-bond donors (Lipinski definition) is 3. The zero-order valence-electron chi connectivity index (χ0n) is 8.80. The molecule has 0 unspecified atom stereocenters. The molecule has 1 aromatic heterocycles. The van der Waals surface area contributed by atoms with Crippen molar-refractivity contribution in [3.05, 3.63) is 38.4 Å². The maximum Gasteiger partial charge on any atom is 0.261 e. The fourth-order valence-electron chi connectivity index (χ4n) is 1.29. The van der Waals surface area contributed by atoms with Gasteiger partial charge in [-0.15, -0.1) is 0 Å². The fourth-order valence-corrected chi connectivity index (χ4v) is 2.11. The minimum Gasteiger partial charge on any atom is -0.383 e. The molecule has 0 radical (unpaired) electrons. The predicted molar refractivity (Wildman–Crippen MR) is 75.1 cm³/mol. The number of benzene rings is 1. The Kier molecular flexibility index (Phi) is 3.79. The largest absolute Gasteiger partial charge is 0.383 e. The van der Waals surface area contributed by atoms with Gasteiger partial charge in [-0.3, -0.25) is 9.89 Å². The van der Waals surface area contributed by atoms with Crippen LogP contribution in [0, 0.1) is 0 Å². The van der Waals surface area contributed by atoms with Crippen molar-refractivity contribution in [1.29, 1.82) is 0 Å². The molecule has 0 aliphatic rings. The van der Waals surface area contributed by atoms with E-state index in [2.05, 4.69) is 31.4 Å². The van der Waals surface area contributed by atoms with Crippen LogP contribution in [0.4, 0.5) is 11.5 Å². The first-order valence-electron chi connectivity index (χ1n) is 4.74. The lowest BCUT2D eigenvalue weighted by molar-refractivity contribution is 0.102. The van der Waals surface area contributed by atoms with Crippen LogP contribution in [0.15, 0.2) is 22.8 Å². The Balaban J connectivity index is 2.28. The molecule has 4 N–H and O–H groups in total. The van der Waals surface area contributed by atoms with Crippen molar-refractivity contribution >= 4 is 56.5 Å². The van der Waals surface area contributed by atoms with Gasteiger partial charge in [0.1, 0.15) is 11.4 Å². The SMILES string of the molecule is Nc1[nH]ncc1C(=O)Nc1ccc(Br)c(Cl)c1Cl. The van der Waals surface area contributed by atoms with E-state index in [0.29, 0.717) is 15.2 Å². The monoisotopic (exact) mass is 348 g/mol. The first-order chi connectivity index (χ1) is 8.50. The zero-order chi connectivity index (χ0) is 13.3. The number of nitrogens with zero attached hydrogens (tertiary/aromatic N) is 1. The van der Waals surface area contributed by atoms with Crippen LogP contribution in [0.5, 0.6) is 0 Å². The molecular weight excluding hydrogens is 343 g/mol. The number of aromatic nitrogens is 2. The number of carbonyl (C=O) groups excluding carboxylic acids is 1. The van der Waals surface area contributed by atoms with Gasteiger partial charge in [-0.25, -0.2) is 0 Å². The Labute approximate surface area is 121 Å². The van der Waals surface area contributed by atoms with Crippen molar-refractivity contribution in [1.82, 2.24) is 10.2 Å². The first kappa shape index (κ1) is 13.2. The number of amides is 1. The lowest BCUT2D eigenvalue weighted by Gasteiger charge is -2.08. The smallest absolute Gasteiger partial charge is 0.261 e. The zero-order valence-corrected chi connectivity index (χ0v) is 11.9. The minimum absolute atomic E-state index is 0.187. The van der Waals surface area contributed by atoms with E-state index in [4.69, 9.17) is 28.9 Å². The van der Waals surface area contributed by atoms with Crippen LogP contribution in [-0.2, 0) is 0 Å². The molecule has 0 aliphatic carbocycles. The number of halogens is 3. The number of nitrogens with one attached hydrogen (secondary N) is 2. The summed E-state index contributed by atoms with van der Waals surface area (Å²) in [6, 6.07) is 3.31. The quantitative estimate of drug-likeness (QED) is 0.727. The van der Waals surface area contributed by atoms with E-state index in [1.165, 1.54) is 6.20 Å². The van der Waals surface area contributed by atoms with E-state index in [0.717, 1.165) is 0 Å². The standard InChI is InChI=1S/C10H7BrCl2N4O/c11-5-1-2-6(8(13)7(5)12)16-10(18)4-3-15-17-9(4)14/h1-3H,(H,16,18)(H3,14,15,17). The van der Waals surface area contributed by atoms with Gasteiger partial charge in [-0.2, -0.15) is 5.10 Å². The van der Waals surface area contributed by atoms with E-state index >= 15 is 0 Å². The highest BCUT2D eigenvalue weighted by molar-refractivity contribution is 9.10. The highest BCUT2D eigenvalue weighted by Gasteiger charge is 2.15. The van der Waals surface area contributed by atoms with Gasteiger partial charge in [0.2, 0.25) is 0 Å². The Morgan fingerprint density at radius 3 is 2.72 bits per heavy atom. The molecule has 0 bridgehead atoms. The molecule has 1 aromatic carbocycles. The molecule has 1 heterocycles. The summed E-state index contributed by atoms with van der Waals surface area (Å²) in [6.07, 6.45) is 1.33. The molecule has 0 atom stereocenters. The number of hydrogen-bond acceptors (Lipinski definition) is 3. The van der Waals surface area contributed by atoms with Crippen LogP contribution in [0.2, 0.25) is 10.0 Å². The normalized spacial score (nSPS) is 10.4. The molecule has 2 aromatic rings. The predicted octanol–water partition coefficient (Wildman–Crippen LogP) is 3.31. The summed E-state index contributed by atoms with van der Waals surface area (Å²) in [5.41, 5.74) is 6.18. The number of rotatable bonds is 2. The van der Waals surface area contributed by atoms with Gasteiger partial charge in [-0.1, -0.05) is 23.2 Å². The molecule has 0 saturated heterocycles. The maximum atomic E-state index is 11.9. The van der Waals surface area contributed by atoms with Crippen LogP contribution in [0.1, 0.15) is 10.4 Å². The van der Waals surface area contributed by atoms with Crippen molar-refractivity contribution in [3.8, 4) is 0 Å². The Morgan fingerprint density at radius 2 is 2.11 bits per heavy atom. The van der Waals surface area contributed by atoms with E-state index < -0.39 is 5.91 Å². The Hall–Kier alpha value is -1.24. The number of nitrogen functional groups attached to an aromatic ring is 1. The van der Waals surface area contributed by atoms with Crippen molar-refractivity contribution in [2.45, 2.75) is 0 Å². The van der Waals surface area contributed by atoms with E-state index in [9.17, 15) is 4.79 Å². The van der Waals surface area contributed by atoms with Crippen LogP contribution in [0.25, 0.3) is 0 Å². The molecule has 0 fully saturated rings. The third kappa shape index (κ3) is 2.45. The molecule has 1 amide bonds. The number of anilines is 2. The van der Waals surface area contributed by atoms with Crippen LogP contribution >= 0.6 is 39.1 Å². The van der Waals surface area contributed by atoms with E-state index in [1.54, 1.807) is 12.1 Å². The topological polar surface area (TPSA) is 83.8 Å². The molecule has 0 aliphatic heterocycles. The molecule has 5 nitrogen and oxygen atoms in total. The average molecular weight is 350 g/mol. The summed E-state index contributed by atoms with van der Waals surface area (Å²) >= 11 is 15.2. The van der Waals surface area contributed by atoms with Gasteiger partial charge in [0.25, 0.3) is 5.91 Å². The third-order valence-electron chi connectivity index (χ3n) is 2.20. The van der Waals surface area contributed by atoms with Gasteiger partial charge >= 0.3 is 0 Å².